The van der Waals surface area contributed by atoms with Crippen LogP contribution in [-0.2, 0) is 6.18 Å². The SMILES string of the molecule is C[C@@H](CCNC1CCN(C(N)=O)CC1)c1cccc(C(F)(F)F)c1. The van der Waals surface area contributed by atoms with Crippen molar-refractivity contribution in [3.63, 3.8) is 0 Å². The summed E-state index contributed by atoms with van der Waals surface area (Å²) in [6.07, 6.45) is -1.85. The van der Waals surface area contributed by atoms with Crippen LogP contribution in [0.25, 0.3) is 0 Å². The highest BCUT2D eigenvalue weighted by Crippen LogP contribution is 2.31. The number of amides is 2. The van der Waals surface area contributed by atoms with E-state index in [0.29, 0.717) is 24.7 Å². The lowest BCUT2D eigenvalue weighted by molar-refractivity contribution is -0.137. The molecule has 1 aromatic carbocycles. The Bertz CT molecular complexity index is 554. The molecule has 0 radical (unpaired) electrons. The van der Waals surface area contributed by atoms with Crippen LogP contribution in [0.1, 0.15) is 43.2 Å². The van der Waals surface area contributed by atoms with E-state index in [1.807, 2.05) is 6.92 Å². The Kier molecular flexibility index (Phi) is 6.10. The van der Waals surface area contributed by atoms with E-state index in [0.717, 1.165) is 31.9 Å². The predicted molar refractivity (Wildman–Crippen MR) is 86.7 cm³/mol. The van der Waals surface area contributed by atoms with Crippen LogP contribution in [0.2, 0.25) is 0 Å². The second-order valence-corrected chi connectivity index (χ2v) is 6.37. The van der Waals surface area contributed by atoms with Crippen molar-refractivity contribution in [3.05, 3.63) is 35.4 Å². The number of alkyl halides is 3. The lowest BCUT2D eigenvalue weighted by Gasteiger charge is -2.31. The molecule has 1 aliphatic heterocycles. The van der Waals surface area contributed by atoms with E-state index in [1.165, 1.54) is 12.1 Å². The minimum absolute atomic E-state index is 0.0468. The number of nitrogens with zero attached hydrogens (tertiary/aromatic N) is 1. The highest BCUT2D eigenvalue weighted by molar-refractivity contribution is 5.72. The quantitative estimate of drug-likeness (QED) is 0.861. The van der Waals surface area contributed by atoms with Crippen molar-refractivity contribution < 1.29 is 18.0 Å². The monoisotopic (exact) mass is 343 g/mol. The van der Waals surface area contributed by atoms with Gasteiger partial charge in [-0.1, -0.05) is 25.1 Å². The number of rotatable bonds is 5. The summed E-state index contributed by atoms with van der Waals surface area (Å²) in [7, 11) is 0. The van der Waals surface area contributed by atoms with E-state index in [4.69, 9.17) is 5.73 Å². The van der Waals surface area contributed by atoms with Gasteiger partial charge in [0.05, 0.1) is 5.56 Å². The van der Waals surface area contributed by atoms with Crippen LogP contribution in [0.3, 0.4) is 0 Å². The standard InChI is InChI=1S/C17H24F3N3O/c1-12(13-3-2-4-14(11-13)17(18,19)20)5-8-22-15-6-9-23(10-7-15)16(21)24/h2-4,11-12,15,22H,5-10H2,1H3,(H2,21,24)/t12-/m0/s1. The molecule has 3 N–H and O–H groups in total. The molecule has 134 valence electrons. The van der Waals surface area contributed by atoms with Crippen molar-refractivity contribution in [1.82, 2.24) is 10.2 Å². The van der Waals surface area contributed by atoms with E-state index in [9.17, 15) is 18.0 Å². The largest absolute Gasteiger partial charge is 0.416 e. The zero-order chi connectivity index (χ0) is 17.7. The van der Waals surface area contributed by atoms with E-state index in [1.54, 1.807) is 11.0 Å². The molecule has 1 saturated heterocycles. The molecule has 1 aliphatic rings. The number of halogens is 3. The molecule has 0 aromatic heterocycles. The van der Waals surface area contributed by atoms with Crippen LogP contribution in [-0.4, -0.2) is 36.6 Å². The summed E-state index contributed by atoms with van der Waals surface area (Å²) >= 11 is 0. The minimum atomic E-state index is -4.30. The van der Waals surface area contributed by atoms with Gasteiger partial charge in [0.25, 0.3) is 0 Å². The number of primary amides is 1. The predicted octanol–water partition coefficient (Wildman–Crippen LogP) is 3.33. The van der Waals surface area contributed by atoms with E-state index in [2.05, 4.69) is 5.32 Å². The molecule has 0 aliphatic carbocycles. The average Bonchev–Trinajstić information content (AvgIpc) is 2.54. The number of carbonyl (C=O) groups is 1. The number of piperidine rings is 1. The summed E-state index contributed by atoms with van der Waals surface area (Å²) in [5.74, 6) is 0.0468. The first-order valence-electron chi connectivity index (χ1n) is 8.22. The van der Waals surface area contributed by atoms with Gasteiger partial charge in [0.1, 0.15) is 0 Å². The van der Waals surface area contributed by atoms with Crippen LogP contribution in [0.5, 0.6) is 0 Å². The first-order chi connectivity index (χ1) is 11.3. The molecule has 0 saturated carbocycles. The minimum Gasteiger partial charge on any atom is -0.351 e. The Morgan fingerprint density at radius 1 is 1.38 bits per heavy atom. The molecule has 2 amide bonds. The van der Waals surface area contributed by atoms with Crippen molar-refractivity contribution in [2.45, 2.75) is 44.3 Å². The van der Waals surface area contributed by atoms with Gasteiger partial charge in [-0.2, -0.15) is 13.2 Å². The highest BCUT2D eigenvalue weighted by Gasteiger charge is 2.30. The average molecular weight is 343 g/mol. The van der Waals surface area contributed by atoms with Crippen LogP contribution in [0, 0.1) is 0 Å². The van der Waals surface area contributed by atoms with Gasteiger partial charge in [-0.05, 0) is 43.4 Å². The number of hydrogen-bond acceptors (Lipinski definition) is 2. The first kappa shape index (κ1) is 18.6. The van der Waals surface area contributed by atoms with Crippen molar-refractivity contribution in [2.75, 3.05) is 19.6 Å². The maximum atomic E-state index is 12.8. The molecule has 0 spiro atoms. The fourth-order valence-electron chi connectivity index (χ4n) is 3.00. The molecule has 2 rings (SSSR count). The fourth-order valence-corrected chi connectivity index (χ4v) is 3.00. The van der Waals surface area contributed by atoms with Gasteiger partial charge in [-0.15, -0.1) is 0 Å². The fraction of sp³-hybridized carbons (Fsp3) is 0.588. The van der Waals surface area contributed by atoms with Crippen LogP contribution in [0.4, 0.5) is 18.0 Å². The molecule has 7 heteroatoms. The Morgan fingerprint density at radius 3 is 2.62 bits per heavy atom. The van der Waals surface area contributed by atoms with E-state index >= 15 is 0 Å². The van der Waals surface area contributed by atoms with E-state index < -0.39 is 11.7 Å². The molecule has 1 fully saturated rings. The second-order valence-electron chi connectivity index (χ2n) is 6.37. The van der Waals surface area contributed by atoms with Crippen LogP contribution < -0.4 is 11.1 Å². The lowest BCUT2D eigenvalue weighted by Crippen LogP contribution is -2.47. The summed E-state index contributed by atoms with van der Waals surface area (Å²) in [4.78, 5) is 12.7. The van der Waals surface area contributed by atoms with Crippen molar-refractivity contribution in [3.8, 4) is 0 Å². The Morgan fingerprint density at radius 2 is 2.04 bits per heavy atom. The number of urea groups is 1. The van der Waals surface area contributed by atoms with Gasteiger partial charge in [-0.3, -0.25) is 0 Å². The summed E-state index contributed by atoms with van der Waals surface area (Å²) in [6.45, 7) is 3.97. The summed E-state index contributed by atoms with van der Waals surface area (Å²) in [5.41, 5.74) is 5.35. The second kappa shape index (κ2) is 7.88. The summed E-state index contributed by atoms with van der Waals surface area (Å²) in [5, 5.41) is 3.43. The Balaban J connectivity index is 1.78. The smallest absolute Gasteiger partial charge is 0.351 e. The number of benzene rings is 1. The molecular formula is C17H24F3N3O. The van der Waals surface area contributed by atoms with Gasteiger partial charge in [0.2, 0.25) is 0 Å². The molecule has 0 unspecified atom stereocenters. The number of nitrogens with two attached hydrogens (primary N) is 1. The van der Waals surface area contributed by atoms with Crippen molar-refractivity contribution >= 4 is 6.03 Å². The Labute approximate surface area is 140 Å². The molecule has 24 heavy (non-hydrogen) atoms. The summed E-state index contributed by atoms with van der Waals surface area (Å²) < 4.78 is 38.3. The molecule has 0 bridgehead atoms. The highest BCUT2D eigenvalue weighted by atomic mass is 19.4. The molecule has 4 nitrogen and oxygen atoms in total. The normalized spacial score (nSPS) is 17.8. The van der Waals surface area contributed by atoms with Crippen molar-refractivity contribution in [2.24, 2.45) is 5.73 Å². The van der Waals surface area contributed by atoms with Crippen LogP contribution in [0.15, 0.2) is 24.3 Å². The molecule has 1 atom stereocenters. The third kappa shape index (κ3) is 5.12. The van der Waals surface area contributed by atoms with Crippen molar-refractivity contribution in [1.29, 1.82) is 0 Å². The summed E-state index contributed by atoms with van der Waals surface area (Å²) in [6, 6.07) is 5.48. The van der Waals surface area contributed by atoms with Gasteiger partial charge < -0.3 is 16.0 Å². The van der Waals surface area contributed by atoms with Gasteiger partial charge in [0, 0.05) is 19.1 Å². The number of nitrogens with one attached hydrogen (secondary N) is 1. The molecular weight excluding hydrogens is 319 g/mol. The third-order valence-corrected chi connectivity index (χ3v) is 4.60. The Hall–Kier alpha value is -1.76. The molecule has 1 heterocycles. The number of carbonyl (C=O) groups excluding carboxylic acids is 1. The van der Waals surface area contributed by atoms with Gasteiger partial charge in [-0.25, -0.2) is 4.79 Å². The maximum absolute atomic E-state index is 12.8. The zero-order valence-corrected chi connectivity index (χ0v) is 13.8. The first-order valence-corrected chi connectivity index (χ1v) is 8.22. The maximum Gasteiger partial charge on any atom is 0.416 e. The van der Waals surface area contributed by atoms with Gasteiger partial charge >= 0.3 is 12.2 Å². The van der Waals surface area contributed by atoms with Crippen LogP contribution >= 0.6 is 0 Å². The number of likely N-dealkylation sites (tertiary alicyclic amines) is 1. The van der Waals surface area contributed by atoms with E-state index in [-0.39, 0.29) is 11.9 Å². The van der Waals surface area contributed by atoms with Gasteiger partial charge in [0.15, 0.2) is 0 Å². The zero-order valence-electron chi connectivity index (χ0n) is 13.8. The lowest BCUT2D eigenvalue weighted by atomic mass is 9.95. The molecule has 1 aromatic rings. The number of hydrogen-bond donors (Lipinski definition) is 2. The topological polar surface area (TPSA) is 58.4 Å². The third-order valence-electron chi connectivity index (χ3n) is 4.60.